The monoisotopic (exact) mass is 417 g/mol. The van der Waals surface area contributed by atoms with Gasteiger partial charge in [-0.1, -0.05) is 6.07 Å². The van der Waals surface area contributed by atoms with Gasteiger partial charge in [0.2, 0.25) is 0 Å². The Bertz CT molecular complexity index is 762. The third-order valence-corrected chi connectivity index (χ3v) is 6.14. The van der Waals surface area contributed by atoms with Crippen LogP contribution < -0.4 is 10.2 Å². The Morgan fingerprint density at radius 2 is 1.67 bits per heavy atom. The van der Waals surface area contributed by atoms with Gasteiger partial charge < -0.3 is 23.7 Å². The van der Waals surface area contributed by atoms with E-state index in [0.717, 1.165) is 29.6 Å². The van der Waals surface area contributed by atoms with Crippen LogP contribution in [0, 0.1) is 6.92 Å². The lowest BCUT2D eigenvalue weighted by molar-refractivity contribution is 0.00578. The lowest BCUT2D eigenvalue weighted by Gasteiger charge is -2.33. The number of piperidine rings is 1. The van der Waals surface area contributed by atoms with Crippen molar-refractivity contribution in [3.05, 3.63) is 23.8 Å². The molecule has 0 bridgehead atoms. The Morgan fingerprint density at radius 3 is 2.17 bits per heavy atom. The Hall–Kier alpha value is -1.73. The molecule has 0 N–H and O–H groups in total. The first-order valence-corrected chi connectivity index (χ1v) is 10.9. The zero-order chi connectivity index (χ0) is 22.3. The van der Waals surface area contributed by atoms with Crippen LogP contribution in [0.15, 0.2) is 18.2 Å². The van der Waals surface area contributed by atoms with Gasteiger partial charge in [0.1, 0.15) is 17.5 Å². The summed E-state index contributed by atoms with van der Waals surface area (Å²) in [6.45, 7) is 17.2. The molecule has 6 nitrogen and oxygen atoms in total. The highest BCUT2D eigenvalue weighted by Crippen LogP contribution is 2.37. The third kappa shape index (κ3) is 5.12. The molecule has 0 unspecified atom stereocenters. The second-order valence-corrected chi connectivity index (χ2v) is 10.4. The molecule has 166 valence electrons. The van der Waals surface area contributed by atoms with Crippen molar-refractivity contribution in [3.63, 3.8) is 0 Å². The normalized spacial score (nSPS) is 21.6. The summed E-state index contributed by atoms with van der Waals surface area (Å²) in [5, 5.41) is 0. The number of carbonyl (C=O) groups is 1. The number of carbonyl (C=O) groups excluding carboxylic acids is 1. The SMILES string of the molecule is Cc1cc(OC2CCN(C(=O)OC(C)(C)C)CC2)ccc1B1OC(C)(C)C(C)(C)O1. The molecule has 0 atom stereocenters. The maximum Gasteiger partial charge on any atom is 0.495 e. The fraction of sp³-hybridized carbons (Fsp3) is 0.696. The van der Waals surface area contributed by atoms with Crippen LogP contribution in [0.3, 0.4) is 0 Å². The molecular formula is C23H36BNO5. The first kappa shape index (κ1) is 22.9. The standard InChI is InChI=1S/C23H36BNO5/c1-16-15-18(9-10-19(16)24-29-22(5,6)23(7,8)30-24)27-17-11-13-25(14-12-17)20(26)28-21(2,3)4/h9-10,15,17H,11-14H2,1-8H3. The Kier molecular flexibility index (Phi) is 6.18. The van der Waals surface area contributed by atoms with Crippen molar-refractivity contribution in [1.82, 2.24) is 4.90 Å². The first-order chi connectivity index (χ1) is 13.8. The summed E-state index contributed by atoms with van der Waals surface area (Å²) in [6, 6.07) is 6.05. The summed E-state index contributed by atoms with van der Waals surface area (Å²) in [7, 11) is -0.374. The molecule has 2 aliphatic rings. The quantitative estimate of drug-likeness (QED) is 0.694. The number of hydrogen-bond acceptors (Lipinski definition) is 5. The topological polar surface area (TPSA) is 57.2 Å². The molecule has 2 fully saturated rings. The fourth-order valence-electron chi connectivity index (χ4n) is 3.63. The molecule has 7 heteroatoms. The largest absolute Gasteiger partial charge is 0.495 e. The van der Waals surface area contributed by atoms with Gasteiger partial charge >= 0.3 is 13.2 Å². The van der Waals surface area contributed by atoms with E-state index in [0.29, 0.717) is 13.1 Å². The lowest BCUT2D eigenvalue weighted by Crippen LogP contribution is -2.44. The van der Waals surface area contributed by atoms with E-state index >= 15 is 0 Å². The number of amides is 1. The highest BCUT2D eigenvalue weighted by molar-refractivity contribution is 6.62. The van der Waals surface area contributed by atoms with Gasteiger partial charge in [0, 0.05) is 25.9 Å². The van der Waals surface area contributed by atoms with Crippen molar-refractivity contribution in [1.29, 1.82) is 0 Å². The van der Waals surface area contributed by atoms with Gasteiger partial charge in [-0.05, 0) is 78.5 Å². The van der Waals surface area contributed by atoms with Gasteiger partial charge in [-0.25, -0.2) is 4.79 Å². The smallest absolute Gasteiger partial charge is 0.490 e. The number of ether oxygens (including phenoxy) is 2. The minimum atomic E-state index is -0.471. The van der Waals surface area contributed by atoms with E-state index in [-0.39, 0.29) is 30.5 Å². The van der Waals surface area contributed by atoms with E-state index in [1.807, 2.05) is 39.0 Å². The van der Waals surface area contributed by atoms with Crippen LogP contribution in [0.25, 0.3) is 0 Å². The average Bonchev–Trinajstić information content (AvgIpc) is 2.81. The fourth-order valence-corrected chi connectivity index (χ4v) is 3.63. The Labute approximate surface area is 181 Å². The maximum absolute atomic E-state index is 12.2. The van der Waals surface area contributed by atoms with Crippen molar-refractivity contribution < 1.29 is 23.6 Å². The van der Waals surface area contributed by atoms with Crippen LogP contribution in [0.5, 0.6) is 5.75 Å². The molecule has 3 rings (SSSR count). The van der Waals surface area contributed by atoms with Crippen molar-refractivity contribution in [2.45, 2.75) is 91.1 Å². The number of benzene rings is 1. The van der Waals surface area contributed by atoms with E-state index in [9.17, 15) is 4.79 Å². The first-order valence-electron chi connectivity index (χ1n) is 10.9. The maximum atomic E-state index is 12.2. The van der Waals surface area contributed by atoms with Crippen molar-refractivity contribution in [2.75, 3.05) is 13.1 Å². The molecule has 30 heavy (non-hydrogen) atoms. The van der Waals surface area contributed by atoms with E-state index < -0.39 is 5.60 Å². The predicted molar refractivity (Wildman–Crippen MR) is 118 cm³/mol. The summed E-state index contributed by atoms with van der Waals surface area (Å²) in [4.78, 5) is 14.0. The van der Waals surface area contributed by atoms with Crippen LogP contribution in [-0.4, -0.2) is 54.1 Å². The summed E-state index contributed by atoms with van der Waals surface area (Å²) < 4.78 is 24.0. The molecule has 1 aromatic carbocycles. The van der Waals surface area contributed by atoms with Crippen LogP contribution in [-0.2, 0) is 14.0 Å². The number of aryl methyl sites for hydroxylation is 1. The van der Waals surface area contributed by atoms with E-state index in [1.165, 1.54) is 0 Å². The van der Waals surface area contributed by atoms with Gasteiger partial charge in [0.15, 0.2) is 0 Å². The van der Waals surface area contributed by atoms with Crippen LogP contribution in [0.2, 0.25) is 0 Å². The van der Waals surface area contributed by atoms with Crippen molar-refractivity contribution in [2.24, 2.45) is 0 Å². The molecule has 2 heterocycles. The number of hydrogen-bond donors (Lipinski definition) is 0. The number of likely N-dealkylation sites (tertiary alicyclic amines) is 1. The summed E-state index contributed by atoms with van der Waals surface area (Å²) in [5.41, 5.74) is 0.918. The molecule has 2 aliphatic heterocycles. The van der Waals surface area contributed by atoms with E-state index in [2.05, 4.69) is 34.6 Å². The lowest BCUT2D eigenvalue weighted by atomic mass is 9.76. The molecule has 2 saturated heterocycles. The van der Waals surface area contributed by atoms with Crippen LogP contribution in [0.1, 0.15) is 66.9 Å². The van der Waals surface area contributed by atoms with Crippen LogP contribution >= 0.6 is 0 Å². The second kappa shape index (κ2) is 8.08. The molecular weight excluding hydrogens is 381 g/mol. The minimum absolute atomic E-state index is 0.0887. The summed E-state index contributed by atoms with van der Waals surface area (Å²) in [6.07, 6.45) is 1.42. The van der Waals surface area contributed by atoms with Crippen molar-refractivity contribution in [3.8, 4) is 5.75 Å². The van der Waals surface area contributed by atoms with Gasteiger partial charge in [0.05, 0.1) is 11.2 Å². The molecule has 0 spiro atoms. The summed E-state index contributed by atoms with van der Waals surface area (Å²) >= 11 is 0. The highest BCUT2D eigenvalue weighted by atomic mass is 16.7. The van der Waals surface area contributed by atoms with E-state index in [4.69, 9.17) is 18.8 Å². The second-order valence-electron chi connectivity index (χ2n) is 10.4. The van der Waals surface area contributed by atoms with Crippen LogP contribution in [0.4, 0.5) is 4.79 Å². The minimum Gasteiger partial charge on any atom is -0.490 e. The van der Waals surface area contributed by atoms with Gasteiger partial charge in [-0.3, -0.25) is 0 Å². The highest BCUT2D eigenvalue weighted by Gasteiger charge is 2.52. The van der Waals surface area contributed by atoms with E-state index in [1.54, 1.807) is 4.90 Å². The predicted octanol–water partition coefficient (Wildman–Crippen LogP) is 4.07. The number of rotatable bonds is 3. The Balaban J connectivity index is 1.57. The average molecular weight is 417 g/mol. The molecule has 0 aliphatic carbocycles. The zero-order valence-corrected chi connectivity index (χ0v) is 19.7. The van der Waals surface area contributed by atoms with Gasteiger partial charge in [0.25, 0.3) is 0 Å². The van der Waals surface area contributed by atoms with Crippen molar-refractivity contribution >= 4 is 18.7 Å². The van der Waals surface area contributed by atoms with Gasteiger partial charge in [-0.15, -0.1) is 0 Å². The van der Waals surface area contributed by atoms with Gasteiger partial charge in [-0.2, -0.15) is 0 Å². The summed E-state index contributed by atoms with van der Waals surface area (Å²) in [5.74, 6) is 0.837. The zero-order valence-electron chi connectivity index (χ0n) is 19.7. The number of nitrogens with zero attached hydrogens (tertiary/aromatic N) is 1. The molecule has 1 amide bonds. The molecule has 1 aromatic rings. The molecule has 0 saturated carbocycles. The third-order valence-electron chi connectivity index (χ3n) is 6.14. The molecule has 0 radical (unpaired) electrons. The Morgan fingerprint density at radius 1 is 1.10 bits per heavy atom. The molecule has 0 aromatic heterocycles.